The molecule has 0 saturated heterocycles. The van der Waals surface area contributed by atoms with Gasteiger partial charge in [0.25, 0.3) is 11.5 Å². The van der Waals surface area contributed by atoms with Crippen LogP contribution in [0.1, 0.15) is 53.3 Å². The van der Waals surface area contributed by atoms with Gasteiger partial charge in [0, 0.05) is 10.9 Å². The van der Waals surface area contributed by atoms with Crippen molar-refractivity contribution in [2.45, 2.75) is 38.3 Å². The zero-order valence-corrected chi connectivity index (χ0v) is 15.4. The van der Waals surface area contributed by atoms with Crippen molar-refractivity contribution >= 4 is 16.7 Å². The van der Waals surface area contributed by atoms with Crippen LogP contribution in [0.3, 0.4) is 0 Å². The Morgan fingerprint density at radius 1 is 1.11 bits per heavy atom. The van der Waals surface area contributed by atoms with Crippen LogP contribution in [-0.4, -0.2) is 15.7 Å². The minimum atomic E-state index is -0.242. The van der Waals surface area contributed by atoms with E-state index in [9.17, 15) is 9.59 Å². The number of aromatic nitrogens is 2. The fraction of sp³-hybridized carbons (Fsp3) is 0.273. The first-order valence-corrected chi connectivity index (χ1v) is 9.46. The average molecular weight is 372 g/mol. The Kier molecular flexibility index (Phi) is 4.90. The lowest BCUT2D eigenvalue weighted by Gasteiger charge is -2.16. The fourth-order valence-corrected chi connectivity index (χ4v) is 3.76. The number of carbonyl (C=O) groups excluding carboxylic acids is 1. The Labute approximate surface area is 162 Å². The predicted octanol–water partition coefficient (Wildman–Crippen LogP) is 3.31. The molecule has 0 bridgehead atoms. The van der Waals surface area contributed by atoms with Gasteiger partial charge in [-0.2, -0.15) is 10.4 Å². The third kappa shape index (κ3) is 3.39. The summed E-state index contributed by atoms with van der Waals surface area (Å²) >= 11 is 0. The molecule has 1 heterocycles. The van der Waals surface area contributed by atoms with Crippen molar-refractivity contribution in [3.05, 3.63) is 75.7 Å². The minimum absolute atomic E-state index is 0.0651. The number of rotatable bonds is 4. The molecule has 1 aromatic heterocycles. The van der Waals surface area contributed by atoms with Gasteiger partial charge in [-0.05, 0) is 43.2 Å². The molecule has 0 aliphatic heterocycles. The smallest absolute Gasteiger partial charge is 0.274 e. The number of hydrogen-bond acceptors (Lipinski definition) is 4. The molecule has 6 nitrogen and oxygen atoms in total. The second-order valence-electron chi connectivity index (χ2n) is 7.05. The van der Waals surface area contributed by atoms with Gasteiger partial charge >= 0.3 is 0 Å². The monoisotopic (exact) mass is 372 g/mol. The second-order valence-corrected chi connectivity index (χ2v) is 7.05. The lowest BCUT2D eigenvalue weighted by Crippen LogP contribution is -2.30. The Morgan fingerprint density at radius 2 is 1.79 bits per heavy atom. The van der Waals surface area contributed by atoms with Crippen LogP contribution < -0.4 is 10.9 Å². The minimum Gasteiger partial charge on any atom is -0.346 e. The molecule has 3 aromatic rings. The van der Waals surface area contributed by atoms with E-state index in [4.69, 9.17) is 5.26 Å². The summed E-state index contributed by atoms with van der Waals surface area (Å²) in [5, 5.41) is 17.8. The van der Waals surface area contributed by atoms with Crippen LogP contribution in [0.4, 0.5) is 0 Å². The van der Waals surface area contributed by atoms with E-state index >= 15 is 0 Å². The van der Waals surface area contributed by atoms with Gasteiger partial charge in [0.15, 0.2) is 0 Å². The molecule has 28 heavy (non-hydrogen) atoms. The topological polar surface area (TPSA) is 87.8 Å². The summed E-state index contributed by atoms with van der Waals surface area (Å²) in [7, 11) is 0. The van der Waals surface area contributed by atoms with E-state index in [-0.39, 0.29) is 24.1 Å². The molecule has 0 unspecified atom stereocenters. The number of nitrogens with one attached hydrogen (secondary N) is 1. The third-order valence-electron chi connectivity index (χ3n) is 5.27. The van der Waals surface area contributed by atoms with E-state index in [0.29, 0.717) is 22.2 Å². The van der Waals surface area contributed by atoms with Gasteiger partial charge in [0.05, 0.1) is 35.3 Å². The fourth-order valence-electron chi connectivity index (χ4n) is 3.76. The normalized spacial score (nSPS) is 14.1. The summed E-state index contributed by atoms with van der Waals surface area (Å²) in [5.41, 5.74) is 1.61. The van der Waals surface area contributed by atoms with E-state index in [0.717, 1.165) is 31.1 Å². The molecular weight excluding hydrogens is 352 g/mol. The van der Waals surface area contributed by atoms with E-state index in [1.165, 1.54) is 0 Å². The van der Waals surface area contributed by atoms with Gasteiger partial charge in [-0.1, -0.05) is 31.0 Å². The first-order valence-electron chi connectivity index (χ1n) is 9.46. The Hall–Kier alpha value is -3.46. The van der Waals surface area contributed by atoms with Crippen molar-refractivity contribution in [3.8, 4) is 6.07 Å². The van der Waals surface area contributed by atoms with Crippen molar-refractivity contribution in [2.75, 3.05) is 0 Å². The highest BCUT2D eigenvalue weighted by Gasteiger charge is 2.21. The van der Waals surface area contributed by atoms with E-state index in [1.54, 1.807) is 28.9 Å². The van der Waals surface area contributed by atoms with Crippen LogP contribution in [0.5, 0.6) is 0 Å². The summed E-state index contributed by atoms with van der Waals surface area (Å²) in [5.74, 6) is -0.242. The van der Waals surface area contributed by atoms with Crippen LogP contribution >= 0.6 is 0 Å². The maximum atomic E-state index is 12.9. The summed E-state index contributed by atoms with van der Waals surface area (Å²) in [6.07, 6.45) is 4.14. The Morgan fingerprint density at radius 3 is 2.46 bits per heavy atom. The molecule has 1 fully saturated rings. The van der Waals surface area contributed by atoms with E-state index < -0.39 is 0 Å². The predicted molar refractivity (Wildman–Crippen MR) is 106 cm³/mol. The standard InChI is InChI=1S/C22H20N4O2/c23-13-15-9-11-16(12-10-15)21(27)24-14-20-18-7-3-4-8-19(18)22(28)26(25-20)17-5-1-2-6-17/h3-4,7-12,17H,1-2,5-6,14H2,(H,24,27). The first kappa shape index (κ1) is 17.9. The number of hydrogen-bond donors (Lipinski definition) is 1. The molecule has 2 aromatic carbocycles. The van der Waals surface area contributed by atoms with E-state index in [1.807, 2.05) is 30.3 Å². The zero-order valence-electron chi connectivity index (χ0n) is 15.4. The second kappa shape index (κ2) is 7.65. The molecule has 1 N–H and O–H groups in total. The summed E-state index contributed by atoms with van der Waals surface area (Å²) in [6.45, 7) is 0.229. The SMILES string of the molecule is N#Cc1ccc(C(=O)NCc2nn(C3CCCC3)c(=O)c3ccccc23)cc1. The molecular formula is C22H20N4O2. The van der Waals surface area contributed by atoms with Gasteiger partial charge in [0.2, 0.25) is 0 Å². The average Bonchev–Trinajstić information content (AvgIpc) is 3.28. The van der Waals surface area contributed by atoms with Crippen molar-refractivity contribution in [1.82, 2.24) is 15.1 Å². The van der Waals surface area contributed by atoms with Crippen LogP contribution in [0.25, 0.3) is 10.8 Å². The lowest BCUT2D eigenvalue weighted by atomic mass is 10.1. The molecule has 1 amide bonds. The maximum Gasteiger partial charge on any atom is 0.274 e. The van der Waals surface area contributed by atoms with Crippen molar-refractivity contribution < 1.29 is 4.79 Å². The van der Waals surface area contributed by atoms with Crippen molar-refractivity contribution in [1.29, 1.82) is 5.26 Å². The van der Waals surface area contributed by atoms with Crippen LogP contribution in [0, 0.1) is 11.3 Å². The Bertz CT molecular complexity index is 1120. The molecule has 6 heteroatoms. The molecule has 1 saturated carbocycles. The zero-order chi connectivity index (χ0) is 19.5. The largest absolute Gasteiger partial charge is 0.346 e. The van der Waals surface area contributed by atoms with Crippen LogP contribution in [0.15, 0.2) is 53.3 Å². The number of amides is 1. The summed E-state index contributed by atoms with van der Waals surface area (Å²) in [6, 6.07) is 16.0. The van der Waals surface area contributed by atoms with Gasteiger partial charge in [-0.15, -0.1) is 0 Å². The van der Waals surface area contributed by atoms with E-state index in [2.05, 4.69) is 10.4 Å². The molecule has 1 aliphatic carbocycles. The molecule has 4 rings (SSSR count). The summed E-state index contributed by atoms with van der Waals surface area (Å²) in [4.78, 5) is 25.3. The molecule has 0 spiro atoms. The van der Waals surface area contributed by atoms with Gasteiger partial charge < -0.3 is 5.32 Å². The first-order chi connectivity index (χ1) is 13.7. The molecule has 0 atom stereocenters. The molecule has 140 valence electrons. The number of nitriles is 1. The molecule has 1 aliphatic rings. The highest BCUT2D eigenvalue weighted by atomic mass is 16.1. The lowest BCUT2D eigenvalue weighted by molar-refractivity contribution is 0.0950. The number of carbonyl (C=O) groups is 1. The van der Waals surface area contributed by atoms with Crippen LogP contribution in [-0.2, 0) is 6.54 Å². The maximum absolute atomic E-state index is 12.9. The van der Waals surface area contributed by atoms with Crippen LogP contribution in [0.2, 0.25) is 0 Å². The number of benzene rings is 2. The summed E-state index contributed by atoms with van der Waals surface area (Å²) < 4.78 is 1.61. The van der Waals surface area contributed by atoms with Crippen molar-refractivity contribution in [3.63, 3.8) is 0 Å². The number of nitrogens with zero attached hydrogens (tertiary/aromatic N) is 3. The number of fused-ring (bicyclic) bond motifs is 1. The van der Waals surface area contributed by atoms with Crippen molar-refractivity contribution in [2.24, 2.45) is 0 Å². The van der Waals surface area contributed by atoms with Gasteiger partial charge in [0.1, 0.15) is 0 Å². The Balaban J connectivity index is 1.64. The van der Waals surface area contributed by atoms with Gasteiger partial charge in [-0.3, -0.25) is 9.59 Å². The molecule has 0 radical (unpaired) electrons. The van der Waals surface area contributed by atoms with Gasteiger partial charge in [-0.25, -0.2) is 4.68 Å². The highest BCUT2D eigenvalue weighted by Crippen LogP contribution is 2.28. The third-order valence-corrected chi connectivity index (χ3v) is 5.27. The quantitative estimate of drug-likeness (QED) is 0.761. The highest BCUT2D eigenvalue weighted by molar-refractivity contribution is 5.94.